The van der Waals surface area contributed by atoms with E-state index in [0.29, 0.717) is 23.8 Å². The van der Waals surface area contributed by atoms with E-state index in [4.69, 9.17) is 11.6 Å². The summed E-state index contributed by atoms with van der Waals surface area (Å²) in [5.41, 5.74) is 1.37. The van der Waals surface area contributed by atoms with E-state index in [-0.39, 0.29) is 23.8 Å². The Hall–Kier alpha value is -1.62. The SMILES string of the molecule is CCc1cc(C(=O)N2CCCC3C(=O)NCC32)cc(Cl)n1. The van der Waals surface area contributed by atoms with Crippen LogP contribution in [0.1, 0.15) is 35.8 Å². The van der Waals surface area contributed by atoms with Crippen molar-refractivity contribution in [2.45, 2.75) is 32.2 Å². The standard InChI is InChI=1S/C15H18ClN3O2/c1-2-10-6-9(7-13(16)18-10)15(21)19-5-3-4-11-12(19)8-17-14(11)20/h6-7,11-12H,2-5,8H2,1H3,(H,17,20). The number of nitrogens with one attached hydrogen (secondary N) is 1. The van der Waals surface area contributed by atoms with Crippen molar-refractivity contribution in [1.29, 1.82) is 0 Å². The molecular weight excluding hydrogens is 290 g/mol. The molecule has 1 aromatic rings. The summed E-state index contributed by atoms with van der Waals surface area (Å²) < 4.78 is 0. The zero-order valence-corrected chi connectivity index (χ0v) is 12.7. The Balaban J connectivity index is 1.87. The van der Waals surface area contributed by atoms with Gasteiger partial charge in [0.25, 0.3) is 5.91 Å². The number of carbonyl (C=O) groups is 2. The predicted octanol–water partition coefficient (Wildman–Crippen LogP) is 1.65. The van der Waals surface area contributed by atoms with E-state index in [2.05, 4.69) is 10.3 Å². The van der Waals surface area contributed by atoms with E-state index < -0.39 is 0 Å². The van der Waals surface area contributed by atoms with Gasteiger partial charge in [-0.1, -0.05) is 18.5 Å². The lowest BCUT2D eigenvalue weighted by Gasteiger charge is -2.36. The molecule has 21 heavy (non-hydrogen) atoms. The normalized spacial score (nSPS) is 24.7. The maximum Gasteiger partial charge on any atom is 0.254 e. The molecular formula is C15H18ClN3O2. The van der Waals surface area contributed by atoms with Crippen LogP contribution in [0.5, 0.6) is 0 Å². The molecule has 0 radical (unpaired) electrons. The first kappa shape index (κ1) is 14.3. The quantitative estimate of drug-likeness (QED) is 0.845. The molecule has 2 unspecified atom stereocenters. The van der Waals surface area contributed by atoms with Crippen LogP contribution in [0, 0.1) is 5.92 Å². The summed E-state index contributed by atoms with van der Waals surface area (Å²) in [5, 5.41) is 3.20. The van der Waals surface area contributed by atoms with Crippen molar-refractivity contribution >= 4 is 23.4 Å². The van der Waals surface area contributed by atoms with Gasteiger partial charge >= 0.3 is 0 Å². The number of hydrogen-bond acceptors (Lipinski definition) is 3. The Morgan fingerprint density at radius 3 is 3.10 bits per heavy atom. The summed E-state index contributed by atoms with van der Waals surface area (Å²) in [7, 11) is 0. The fourth-order valence-corrected chi connectivity index (χ4v) is 3.45. The lowest BCUT2D eigenvalue weighted by molar-refractivity contribution is -0.123. The molecule has 6 heteroatoms. The van der Waals surface area contributed by atoms with Crippen LogP contribution in [0.15, 0.2) is 12.1 Å². The average Bonchev–Trinajstić information content (AvgIpc) is 2.87. The molecule has 2 aliphatic heterocycles. The number of halogens is 1. The summed E-state index contributed by atoms with van der Waals surface area (Å²) >= 11 is 6.00. The lowest BCUT2D eigenvalue weighted by Crippen LogP contribution is -2.48. The van der Waals surface area contributed by atoms with Crippen LogP contribution in [0.3, 0.4) is 0 Å². The summed E-state index contributed by atoms with van der Waals surface area (Å²) in [6.45, 7) is 3.22. The first-order chi connectivity index (χ1) is 10.1. The molecule has 0 aromatic carbocycles. The smallest absolute Gasteiger partial charge is 0.254 e. The molecule has 2 amide bonds. The van der Waals surface area contributed by atoms with Crippen molar-refractivity contribution in [3.05, 3.63) is 28.5 Å². The van der Waals surface area contributed by atoms with Crippen molar-refractivity contribution in [3.63, 3.8) is 0 Å². The van der Waals surface area contributed by atoms with E-state index in [1.807, 2.05) is 11.8 Å². The monoisotopic (exact) mass is 307 g/mol. The van der Waals surface area contributed by atoms with Gasteiger partial charge in [0.2, 0.25) is 5.91 Å². The van der Waals surface area contributed by atoms with Crippen LogP contribution in [0.4, 0.5) is 0 Å². The fourth-order valence-electron chi connectivity index (χ4n) is 3.23. The van der Waals surface area contributed by atoms with E-state index in [0.717, 1.165) is 25.0 Å². The van der Waals surface area contributed by atoms with Crippen LogP contribution < -0.4 is 5.32 Å². The molecule has 1 N–H and O–H groups in total. The van der Waals surface area contributed by atoms with E-state index in [1.165, 1.54) is 0 Å². The third-order valence-corrected chi connectivity index (χ3v) is 4.51. The molecule has 2 saturated heterocycles. The van der Waals surface area contributed by atoms with Gasteiger partial charge in [0, 0.05) is 24.3 Å². The Bertz CT molecular complexity index is 590. The van der Waals surface area contributed by atoms with E-state index >= 15 is 0 Å². The highest BCUT2D eigenvalue weighted by Crippen LogP contribution is 2.29. The Kier molecular flexibility index (Phi) is 3.85. The van der Waals surface area contributed by atoms with Gasteiger partial charge in [-0.2, -0.15) is 0 Å². The minimum absolute atomic E-state index is 0.0317. The van der Waals surface area contributed by atoms with Crippen molar-refractivity contribution in [2.24, 2.45) is 5.92 Å². The molecule has 0 saturated carbocycles. The Labute approximate surface area is 128 Å². The highest BCUT2D eigenvalue weighted by Gasteiger charge is 2.42. The van der Waals surface area contributed by atoms with Crippen molar-refractivity contribution < 1.29 is 9.59 Å². The van der Waals surface area contributed by atoms with E-state index in [1.54, 1.807) is 12.1 Å². The first-order valence-electron chi connectivity index (χ1n) is 7.35. The first-order valence-corrected chi connectivity index (χ1v) is 7.73. The molecule has 0 bridgehead atoms. The summed E-state index contributed by atoms with van der Waals surface area (Å²) in [5.74, 6) is -0.0506. The molecule has 0 spiro atoms. The fraction of sp³-hybridized carbons (Fsp3) is 0.533. The molecule has 112 valence electrons. The van der Waals surface area contributed by atoms with Crippen LogP contribution >= 0.6 is 11.6 Å². The van der Waals surface area contributed by atoms with Gasteiger partial charge in [-0.3, -0.25) is 9.59 Å². The molecule has 0 aliphatic carbocycles. The highest BCUT2D eigenvalue weighted by molar-refractivity contribution is 6.29. The second kappa shape index (κ2) is 5.64. The van der Waals surface area contributed by atoms with E-state index in [9.17, 15) is 9.59 Å². The second-order valence-electron chi connectivity index (χ2n) is 5.58. The van der Waals surface area contributed by atoms with Gasteiger partial charge < -0.3 is 10.2 Å². The molecule has 2 aliphatic rings. The van der Waals surface area contributed by atoms with Gasteiger partial charge in [0.05, 0.1) is 12.0 Å². The molecule has 2 fully saturated rings. The highest BCUT2D eigenvalue weighted by atomic mass is 35.5. The third-order valence-electron chi connectivity index (χ3n) is 4.32. The molecule has 5 nitrogen and oxygen atoms in total. The number of piperidine rings is 1. The number of pyridine rings is 1. The molecule has 3 heterocycles. The molecule has 2 atom stereocenters. The number of likely N-dealkylation sites (tertiary alicyclic amines) is 1. The van der Waals surface area contributed by atoms with Gasteiger partial charge in [0.1, 0.15) is 5.15 Å². The lowest BCUT2D eigenvalue weighted by atomic mass is 9.91. The summed E-state index contributed by atoms with van der Waals surface area (Å²) in [6, 6.07) is 3.37. The van der Waals surface area contributed by atoms with Crippen molar-refractivity contribution in [2.75, 3.05) is 13.1 Å². The average molecular weight is 308 g/mol. The van der Waals surface area contributed by atoms with Gasteiger partial charge in [-0.15, -0.1) is 0 Å². The Morgan fingerprint density at radius 1 is 1.52 bits per heavy atom. The second-order valence-corrected chi connectivity index (χ2v) is 5.97. The summed E-state index contributed by atoms with van der Waals surface area (Å²) in [6.07, 6.45) is 2.45. The number of aryl methyl sites for hydroxylation is 1. The number of fused-ring (bicyclic) bond motifs is 1. The third kappa shape index (κ3) is 2.62. The minimum atomic E-state index is -0.0642. The largest absolute Gasteiger partial charge is 0.354 e. The van der Waals surface area contributed by atoms with Crippen molar-refractivity contribution in [3.8, 4) is 0 Å². The van der Waals surface area contributed by atoms with Crippen molar-refractivity contribution in [1.82, 2.24) is 15.2 Å². The number of hydrogen-bond donors (Lipinski definition) is 1. The van der Waals surface area contributed by atoms with Gasteiger partial charge in [0.15, 0.2) is 0 Å². The van der Waals surface area contributed by atoms with Crippen LogP contribution in [-0.2, 0) is 11.2 Å². The predicted molar refractivity (Wildman–Crippen MR) is 79.2 cm³/mol. The van der Waals surface area contributed by atoms with Crippen LogP contribution in [0.2, 0.25) is 5.15 Å². The zero-order valence-electron chi connectivity index (χ0n) is 11.9. The number of carbonyl (C=O) groups excluding carboxylic acids is 2. The number of amides is 2. The Morgan fingerprint density at radius 2 is 2.33 bits per heavy atom. The topological polar surface area (TPSA) is 62.3 Å². The van der Waals surface area contributed by atoms with Crippen LogP contribution in [-0.4, -0.2) is 40.8 Å². The maximum absolute atomic E-state index is 12.8. The van der Waals surface area contributed by atoms with Gasteiger partial charge in [-0.25, -0.2) is 4.98 Å². The van der Waals surface area contributed by atoms with Gasteiger partial charge in [-0.05, 0) is 31.4 Å². The molecule has 1 aromatic heterocycles. The number of nitrogens with zero attached hydrogens (tertiary/aromatic N) is 2. The minimum Gasteiger partial charge on any atom is -0.354 e. The zero-order chi connectivity index (χ0) is 15.0. The summed E-state index contributed by atoms with van der Waals surface area (Å²) in [4.78, 5) is 30.6. The maximum atomic E-state index is 12.8. The molecule has 3 rings (SSSR count). The van der Waals surface area contributed by atoms with Crippen LogP contribution in [0.25, 0.3) is 0 Å². The number of aromatic nitrogens is 1. The number of rotatable bonds is 2.